The van der Waals surface area contributed by atoms with E-state index in [2.05, 4.69) is 4.98 Å². The minimum Gasteiger partial charge on any atom is -0.248 e. The Morgan fingerprint density at radius 2 is 1.76 bits per heavy atom. The molecule has 0 saturated carbocycles. The average Bonchev–Trinajstić information content (AvgIpc) is 2.53. The van der Waals surface area contributed by atoms with Crippen LogP contribution in [0.25, 0.3) is 0 Å². The Balaban J connectivity index is 2.10. The van der Waals surface area contributed by atoms with E-state index in [1.165, 1.54) is 12.1 Å². The highest BCUT2D eigenvalue weighted by molar-refractivity contribution is 7.98. The number of benzene rings is 1. The van der Waals surface area contributed by atoms with Crippen molar-refractivity contribution < 1.29 is 30.4 Å². The predicted octanol–water partition coefficient (Wildman–Crippen LogP) is 5.04. The van der Waals surface area contributed by atoms with Crippen LogP contribution >= 0.6 is 23.4 Å². The SMILES string of the molecule is O=S(=O)(c1ccc(CSc2ncc(C(F)(F)F)cc2Cl)cc1)C(F)F. The van der Waals surface area contributed by atoms with E-state index in [4.69, 9.17) is 11.6 Å². The van der Waals surface area contributed by atoms with Crippen LogP contribution in [0.4, 0.5) is 22.0 Å². The van der Waals surface area contributed by atoms with Gasteiger partial charge in [0.15, 0.2) is 0 Å². The van der Waals surface area contributed by atoms with E-state index in [1.54, 1.807) is 0 Å². The molecule has 2 rings (SSSR count). The van der Waals surface area contributed by atoms with Gasteiger partial charge in [-0.2, -0.15) is 22.0 Å². The molecule has 0 saturated heterocycles. The Morgan fingerprint density at radius 3 is 2.24 bits per heavy atom. The molecule has 136 valence electrons. The minimum atomic E-state index is -4.67. The summed E-state index contributed by atoms with van der Waals surface area (Å²) < 4.78 is 85.1. The van der Waals surface area contributed by atoms with E-state index in [-0.39, 0.29) is 15.8 Å². The molecule has 25 heavy (non-hydrogen) atoms. The van der Waals surface area contributed by atoms with Gasteiger partial charge in [0.2, 0.25) is 9.84 Å². The highest BCUT2D eigenvalue weighted by atomic mass is 35.5. The van der Waals surface area contributed by atoms with Crippen molar-refractivity contribution in [1.82, 2.24) is 4.98 Å². The first-order valence-corrected chi connectivity index (χ1v) is 9.39. The quantitative estimate of drug-likeness (QED) is 0.505. The number of nitrogens with zero attached hydrogens (tertiary/aromatic N) is 1. The molecule has 0 fully saturated rings. The van der Waals surface area contributed by atoms with E-state index >= 15 is 0 Å². The third-order valence-electron chi connectivity index (χ3n) is 3.00. The highest BCUT2D eigenvalue weighted by Gasteiger charge is 2.31. The second-order valence-corrected chi connectivity index (χ2v) is 8.04. The van der Waals surface area contributed by atoms with Gasteiger partial charge in [0, 0.05) is 11.9 Å². The molecule has 0 N–H and O–H groups in total. The van der Waals surface area contributed by atoms with Gasteiger partial charge < -0.3 is 0 Å². The number of sulfone groups is 1. The zero-order valence-electron chi connectivity index (χ0n) is 12.1. The summed E-state index contributed by atoms with van der Waals surface area (Å²) in [6, 6.07) is 5.51. The molecule has 0 amide bonds. The Labute approximate surface area is 149 Å². The molecule has 1 heterocycles. The lowest BCUT2D eigenvalue weighted by Gasteiger charge is -2.09. The fraction of sp³-hybridized carbons (Fsp3) is 0.214. The van der Waals surface area contributed by atoms with Crippen molar-refractivity contribution in [3.63, 3.8) is 0 Å². The Kier molecular flexibility index (Phi) is 5.95. The number of alkyl halides is 5. The normalized spacial score (nSPS) is 12.6. The summed E-state index contributed by atoms with van der Waals surface area (Å²) in [5.41, 5.74) is -0.403. The van der Waals surface area contributed by atoms with Crippen LogP contribution in [-0.4, -0.2) is 19.2 Å². The monoisotopic (exact) mass is 417 g/mol. The van der Waals surface area contributed by atoms with E-state index in [0.29, 0.717) is 11.8 Å². The summed E-state index contributed by atoms with van der Waals surface area (Å²) >= 11 is 6.81. The van der Waals surface area contributed by atoms with Crippen LogP contribution in [0.3, 0.4) is 0 Å². The van der Waals surface area contributed by atoms with Crippen molar-refractivity contribution in [2.75, 3.05) is 0 Å². The summed E-state index contributed by atoms with van der Waals surface area (Å²) in [6.07, 6.45) is -3.89. The molecule has 0 aliphatic heterocycles. The van der Waals surface area contributed by atoms with Crippen LogP contribution in [0, 0.1) is 0 Å². The molecule has 0 atom stereocenters. The average molecular weight is 418 g/mol. The molecule has 0 aliphatic rings. The van der Waals surface area contributed by atoms with E-state index in [9.17, 15) is 30.4 Å². The minimum absolute atomic E-state index is 0.166. The smallest absolute Gasteiger partial charge is 0.248 e. The van der Waals surface area contributed by atoms with Gasteiger partial charge >= 0.3 is 11.9 Å². The second kappa shape index (κ2) is 7.46. The third kappa shape index (κ3) is 4.83. The first-order chi connectivity index (χ1) is 11.5. The van der Waals surface area contributed by atoms with Crippen molar-refractivity contribution in [1.29, 1.82) is 0 Å². The third-order valence-corrected chi connectivity index (χ3v) is 5.87. The molecule has 0 spiro atoms. The molecule has 2 aromatic rings. The van der Waals surface area contributed by atoms with E-state index in [0.717, 1.165) is 30.0 Å². The van der Waals surface area contributed by atoms with Gasteiger partial charge in [-0.15, -0.1) is 11.8 Å². The molecule has 0 bridgehead atoms. The summed E-state index contributed by atoms with van der Waals surface area (Å²) in [5.74, 6) is -3.30. The molecule has 11 heteroatoms. The predicted molar refractivity (Wildman–Crippen MR) is 83.4 cm³/mol. The van der Waals surface area contributed by atoms with Gasteiger partial charge in [-0.3, -0.25) is 0 Å². The van der Waals surface area contributed by atoms with Crippen molar-refractivity contribution in [3.05, 3.63) is 52.7 Å². The second-order valence-electron chi connectivity index (χ2n) is 4.75. The lowest BCUT2D eigenvalue weighted by Crippen LogP contribution is -2.11. The molecule has 0 radical (unpaired) electrons. The largest absolute Gasteiger partial charge is 0.417 e. The maximum absolute atomic E-state index is 12.5. The van der Waals surface area contributed by atoms with Gasteiger partial charge in [-0.25, -0.2) is 13.4 Å². The Morgan fingerprint density at radius 1 is 1.16 bits per heavy atom. The molecular formula is C14H9ClF5NO2S2. The zero-order chi connectivity index (χ0) is 18.8. The molecule has 0 unspecified atom stereocenters. The Bertz CT molecular complexity index is 855. The topological polar surface area (TPSA) is 47.0 Å². The summed E-state index contributed by atoms with van der Waals surface area (Å²) in [7, 11) is -4.67. The van der Waals surface area contributed by atoms with Gasteiger partial charge in [0.25, 0.3) is 0 Å². The molecule has 0 aliphatic carbocycles. The van der Waals surface area contributed by atoms with Crippen LogP contribution < -0.4 is 0 Å². The van der Waals surface area contributed by atoms with Crippen LogP contribution in [0.15, 0.2) is 46.5 Å². The highest BCUT2D eigenvalue weighted by Crippen LogP contribution is 2.34. The number of aromatic nitrogens is 1. The lowest BCUT2D eigenvalue weighted by atomic mass is 10.2. The van der Waals surface area contributed by atoms with Crippen LogP contribution in [0.1, 0.15) is 11.1 Å². The summed E-state index contributed by atoms with van der Waals surface area (Å²) in [5, 5.41) is -0.00401. The number of hydrogen-bond acceptors (Lipinski definition) is 4. The van der Waals surface area contributed by atoms with E-state index < -0.39 is 32.2 Å². The lowest BCUT2D eigenvalue weighted by molar-refractivity contribution is -0.137. The number of hydrogen-bond donors (Lipinski definition) is 0. The van der Waals surface area contributed by atoms with Gasteiger partial charge in [-0.1, -0.05) is 23.7 Å². The number of thioether (sulfide) groups is 1. The van der Waals surface area contributed by atoms with Crippen LogP contribution in [0.5, 0.6) is 0 Å². The van der Waals surface area contributed by atoms with E-state index in [1.807, 2.05) is 0 Å². The fourth-order valence-electron chi connectivity index (χ4n) is 1.72. The fourth-order valence-corrected chi connectivity index (χ4v) is 3.59. The zero-order valence-corrected chi connectivity index (χ0v) is 14.5. The van der Waals surface area contributed by atoms with Crippen LogP contribution in [0.2, 0.25) is 5.02 Å². The summed E-state index contributed by atoms with van der Waals surface area (Å²) in [6.45, 7) is 0. The van der Waals surface area contributed by atoms with Crippen LogP contribution in [-0.2, 0) is 21.8 Å². The first-order valence-electron chi connectivity index (χ1n) is 6.48. The van der Waals surface area contributed by atoms with Crippen molar-refractivity contribution >= 4 is 33.2 Å². The van der Waals surface area contributed by atoms with Crippen molar-refractivity contribution in [2.24, 2.45) is 0 Å². The molecule has 3 nitrogen and oxygen atoms in total. The maximum Gasteiger partial charge on any atom is 0.417 e. The van der Waals surface area contributed by atoms with Crippen molar-refractivity contribution in [3.8, 4) is 0 Å². The standard InChI is InChI=1S/C14H9ClF5NO2S2/c15-11-5-9(14(18,19)20)6-21-12(11)24-7-8-1-3-10(4-2-8)25(22,23)13(16)17/h1-6,13H,7H2. The maximum atomic E-state index is 12.5. The van der Waals surface area contributed by atoms with Gasteiger partial charge in [-0.05, 0) is 23.8 Å². The molecule has 1 aromatic heterocycles. The number of rotatable bonds is 5. The van der Waals surface area contributed by atoms with Gasteiger partial charge in [0.1, 0.15) is 5.03 Å². The first kappa shape index (κ1) is 19.9. The molecular weight excluding hydrogens is 409 g/mol. The van der Waals surface area contributed by atoms with Gasteiger partial charge in [0.05, 0.1) is 15.5 Å². The number of halogens is 6. The molecule has 1 aromatic carbocycles. The summed E-state index contributed by atoms with van der Waals surface area (Å²) in [4.78, 5) is 3.14. The van der Waals surface area contributed by atoms with Crippen molar-refractivity contribution in [2.45, 2.75) is 27.6 Å². The Hall–Kier alpha value is -1.39. The number of pyridine rings is 1.